The molecule has 1 aromatic carbocycles. The summed E-state index contributed by atoms with van der Waals surface area (Å²) in [5.41, 5.74) is 13.4. The summed E-state index contributed by atoms with van der Waals surface area (Å²) >= 11 is 0. The number of fused-ring (bicyclic) bond motifs is 1. The van der Waals surface area contributed by atoms with Gasteiger partial charge in [0.25, 0.3) is 0 Å². The van der Waals surface area contributed by atoms with Crippen molar-refractivity contribution in [1.82, 2.24) is 24.6 Å². The molecule has 0 spiro atoms. The summed E-state index contributed by atoms with van der Waals surface area (Å²) in [6.07, 6.45) is -2.10. The summed E-state index contributed by atoms with van der Waals surface area (Å²) in [6.45, 7) is 4.62. The molecule has 0 saturated carbocycles. The van der Waals surface area contributed by atoms with Crippen molar-refractivity contribution in [2.24, 2.45) is 5.73 Å². The molecular formula is C24H34N7O8P. The van der Waals surface area contributed by atoms with Gasteiger partial charge in [-0.2, -0.15) is 10.1 Å². The molecule has 1 fully saturated rings. The van der Waals surface area contributed by atoms with E-state index in [1.165, 1.54) is 24.9 Å². The molecule has 218 valence electrons. The number of carbonyl (C=O) groups is 1. The quantitative estimate of drug-likeness (QED) is 0.176. The SMILES string of the molecule is COCc1nc(N)nc2c1ncn2[C@@H]1O[C@H](CO[P@@](=O)(N[C@@H](C)C(=O)OC(C)C)Oc2ccccc2)[C@@H](O)[C@H]1N. The van der Waals surface area contributed by atoms with Gasteiger partial charge in [0.15, 0.2) is 11.9 Å². The Morgan fingerprint density at radius 1 is 1.25 bits per heavy atom. The van der Waals surface area contributed by atoms with E-state index in [-0.39, 0.29) is 24.4 Å². The molecule has 0 amide bonds. The molecular weight excluding hydrogens is 545 g/mol. The Morgan fingerprint density at radius 2 is 1.98 bits per heavy atom. The number of aliphatic hydroxyl groups excluding tert-OH is 1. The van der Waals surface area contributed by atoms with Gasteiger partial charge in [0, 0.05) is 7.11 Å². The van der Waals surface area contributed by atoms with Crippen LogP contribution in [-0.2, 0) is 34.7 Å². The van der Waals surface area contributed by atoms with E-state index in [4.69, 9.17) is 34.7 Å². The van der Waals surface area contributed by atoms with E-state index in [1.54, 1.807) is 44.2 Å². The van der Waals surface area contributed by atoms with Crippen LogP contribution in [0.1, 0.15) is 32.7 Å². The smallest absolute Gasteiger partial charge is 0.459 e. The van der Waals surface area contributed by atoms with E-state index in [9.17, 15) is 14.5 Å². The van der Waals surface area contributed by atoms with E-state index in [1.807, 2.05) is 0 Å². The normalized spacial score (nSPS) is 23.3. The second-order valence-corrected chi connectivity index (χ2v) is 11.1. The molecule has 3 aromatic rings. The van der Waals surface area contributed by atoms with Crippen LogP contribution < -0.4 is 21.1 Å². The first-order valence-electron chi connectivity index (χ1n) is 12.6. The number of para-hydroxylation sites is 1. The molecule has 16 heteroatoms. The van der Waals surface area contributed by atoms with Crippen LogP contribution in [0.2, 0.25) is 0 Å². The zero-order chi connectivity index (χ0) is 29.0. The number of rotatable bonds is 12. The van der Waals surface area contributed by atoms with E-state index < -0.39 is 50.8 Å². The number of methoxy groups -OCH3 is 1. The van der Waals surface area contributed by atoms with Gasteiger partial charge in [0.05, 0.1) is 37.4 Å². The largest absolute Gasteiger partial charge is 0.462 e. The molecule has 0 aliphatic carbocycles. The zero-order valence-electron chi connectivity index (χ0n) is 22.5. The van der Waals surface area contributed by atoms with Crippen LogP contribution in [0, 0.1) is 0 Å². The third kappa shape index (κ3) is 6.75. The second-order valence-electron chi connectivity index (χ2n) is 9.45. The second kappa shape index (κ2) is 12.6. The van der Waals surface area contributed by atoms with Crippen molar-refractivity contribution in [3.05, 3.63) is 42.4 Å². The van der Waals surface area contributed by atoms with E-state index >= 15 is 0 Å². The highest BCUT2D eigenvalue weighted by molar-refractivity contribution is 7.52. The van der Waals surface area contributed by atoms with Crippen molar-refractivity contribution in [2.75, 3.05) is 19.5 Å². The number of nitrogens with zero attached hydrogens (tertiary/aromatic N) is 4. The minimum absolute atomic E-state index is 0.00323. The van der Waals surface area contributed by atoms with Gasteiger partial charge in [-0.15, -0.1) is 0 Å². The maximum absolute atomic E-state index is 13.8. The lowest BCUT2D eigenvalue weighted by molar-refractivity contribution is -0.149. The van der Waals surface area contributed by atoms with E-state index in [0.717, 1.165) is 0 Å². The van der Waals surface area contributed by atoms with Crippen molar-refractivity contribution in [1.29, 1.82) is 0 Å². The molecule has 15 nitrogen and oxygen atoms in total. The predicted molar refractivity (Wildman–Crippen MR) is 143 cm³/mol. The average Bonchev–Trinajstić information content (AvgIpc) is 3.43. The molecule has 2 aromatic heterocycles. The maximum Gasteiger partial charge on any atom is 0.459 e. The van der Waals surface area contributed by atoms with Gasteiger partial charge in [-0.25, -0.2) is 14.5 Å². The molecule has 40 heavy (non-hydrogen) atoms. The number of anilines is 1. The third-order valence-electron chi connectivity index (χ3n) is 5.92. The number of nitrogen functional groups attached to an aromatic ring is 1. The highest BCUT2D eigenvalue weighted by Crippen LogP contribution is 2.46. The van der Waals surface area contributed by atoms with Gasteiger partial charge in [-0.3, -0.25) is 13.9 Å². The van der Waals surface area contributed by atoms with E-state index in [0.29, 0.717) is 16.9 Å². The fraction of sp³-hybridized carbons (Fsp3) is 0.500. The number of imidazole rings is 1. The van der Waals surface area contributed by atoms with Crippen LogP contribution in [0.3, 0.4) is 0 Å². The summed E-state index contributed by atoms with van der Waals surface area (Å²) in [5, 5.41) is 13.5. The Bertz CT molecular complexity index is 1360. The highest BCUT2D eigenvalue weighted by Gasteiger charge is 2.45. The lowest BCUT2D eigenvalue weighted by Gasteiger charge is -2.25. The van der Waals surface area contributed by atoms with Crippen molar-refractivity contribution < 1.29 is 37.7 Å². The fourth-order valence-electron chi connectivity index (χ4n) is 4.08. The summed E-state index contributed by atoms with van der Waals surface area (Å²) in [7, 11) is -2.67. The highest BCUT2D eigenvalue weighted by atomic mass is 31.2. The Hall–Kier alpha value is -3.17. The lowest BCUT2D eigenvalue weighted by Crippen LogP contribution is -2.41. The molecule has 1 saturated heterocycles. The molecule has 0 unspecified atom stereocenters. The Kier molecular flexibility index (Phi) is 9.36. The number of carbonyl (C=O) groups excluding carboxylic acids is 1. The van der Waals surface area contributed by atoms with Crippen molar-refractivity contribution >= 4 is 30.8 Å². The topological polar surface area (TPSA) is 208 Å². The van der Waals surface area contributed by atoms with Crippen molar-refractivity contribution in [3.8, 4) is 5.75 Å². The fourth-order valence-corrected chi connectivity index (χ4v) is 5.58. The van der Waals surface area contributed by atoms with Crippen molar-refractivity contribution in [3.63, 3.8) is 0 Å². The average molecular weight is 580 g/mol. The Balaban J connectivity index is 1.52. The lowest BCUT2D eigenvalue weighted by atomic mass is 10.1. The van der Waals surface area contributed by atoms with Gasteiger partial charge in [0.1, 0.15) is 29.5 Å². The molecule has 0 bridgehead atoms. The predicted octanol–water partition coefficient (Wildman–Crippen LogP) is 1.27. The molecule has 1 aliphatic heterocycles. The molecule has 3 heterocycles. The standard InChI is InChI=1S/C24H34N7O8P/c1-13(2)37-23(33)14(3)30-40(34,39-15-8-6-5-7-9-15)36-11-17-20(32)18(25)22(38-17)31-12-27-19-16(10-35-4)28-24(26)29-21(19)31/h5-9,12-14,17-18,20,22,32H,10-11,25H2,1-4H3,(H,30,34)(H2,26,28,29)/t14-,17+,18+,20+,22+,40-/m0/s1. The van der Waals surface area contributed by atoms with Crippen LogP contribution in [-0.4, -0.2) is 74.7 Å². The first-order chi connectivity index (χ1) is 19.0. The van der Waals surface area contributed by atoms with Crippen LogP contribution in [0.25, 0.3) is 11.2 Å². The molecule has 0 radical (unpaired) electrons. The van der Waals surface area contributed by atoms with Gasteiger partial charge < -0.3 is 35.3 Å². The molecule has 6 N–H and O–H groups in total. The molecule has 6 atom stereocenters. The van der Waals surface area contributed by atoms with Crippen molar-refractivity contribution in [2.45, 2.75) is 64.0 Å². The number of nitrogens with one attached hydrogen (secondary N) is 1. The number of aliphatic hydroxyl groups is 1. The monoisotopic (exact) mass is 579 g/mol. The number of nitrogens with two attached hydrogens (primary N) is 2. The maximum atomic E-state index is 13.8. The first-order valence-corrected chi connectivity index (χ1v) is 14.1. The third-order valence-corrected chi connectivity index (χ3v) is 7.56. The zero-order valence-corrected chi connectivity index (χ0v) is 23.4. The van der Waals surface area contributed by atoms with Crippen LogP contribution in [0.5, 0.6) is 5.75 Å². The molecule has 1 aliphatic rings. The Labute approximate surface area is 230 Å². The van der Waals surface area contributed by atoms with Gasteiger partial charge in [0.2, 0.25) is 5.95 Å². The molecule has 4 rings (SSSR count). The summed E-state index contributed by atoms with van der Waals surface area (Å²) in [5.74, 6) is -0.404. The number of benzene rings is 1. The van der Waals surface area contributed by atoms with Crippen LogP contribution in [0.15, 0.2) is 36.7 Å². The summed E-state index contributed by atoms with van der Waals surface area (Å²) < 4.78 is 43.0. The number of ether oxygens (including phenoxy) is 3. The number of hydrogen-bond donors (Lipinski definition) is 4. The number of esters is 1. The minimum atomic E-state index is -4.19. The summed E-state index contributed by atoms with van der Waals surface area (Å²) in [6, 6.07) is 6.32. The first kappa shape index (κ1) is 29.8. The van der Waals surface area contributed by atoms with Crippen LogP contribution >= 0.6 is 7.75 Å². The van der Waals surface area contributed by atoms with Gasteiger partial charge in [-0.1, -0.05) is 18.2 Å². The van der Waals surface area contributed by atoms with Crippen LogP contribution in [0.4, 0.5) is 5.95 Å². The van der Waals surface area contributed by atoms with Gasteiger partial charge in [-0.05, 0) is 32.9 Å². The summed E-state index contributed by atoms with van der Waals surface area (Å²) in [4.78, 5) is 25.1. The van der Waals surface area contributed by atoms with E-state index in [2.05, 4.69) is 20.0 Å². The number of aromatic nitrogens is 4. The van der Waals surface area contributed by atoms with Gasteiger partial charge >= 0.3 is 13.7 Å². The number of hydrogen-bond acceptors (Lipinski definition) is 13. The minimum Gasteiger partial charge on any atom is -0.462 e. The Morgan fingerprint density at radius 3 is 2.65 bits per heavy atom.